The van der Waals surface area contributed by atoms with Gasteiger partial charge >= 0.3 is 0 Å². The number of anilines is 1. The van der Waals surface area contributed by atoms with Crippen molar-refractivity contribution in [1.82, 2.24) is 5.32 Å². The van der Waals surface area contributed by atoms with E-state index in [1.807, 2.05) is 0 Å². The molecule has 0 bridgehead atoms. The first-order chi connectivity index (χ1) is 7.65. The molecule has 0 saturated carbocycles. The van der Waals surface area contributed by atoms with Crippen LogP contribution in [0.4, 0.5) is 5.69 Å². The van der Waals surface area contributed by atoms with Crippen LogP contribution in [-0.4, -0.2) is 26.7 Å². The Hall–Kier alpha value is -1.02. The number of benzene rings is 1. The van der Waals surface area contributed by atoms with Crippen LogP contribution in [-0.2, 0) is 0 Å². The van der Waals surface area contributed by atoms with Gasteiger partial charge in [-0.25, -0.2) is 0 Å². The maximum atomic E-state index is 3.35. The Morgan fingerprint density at radius 1 is 1.25 bits per heavy atom. The van der Waals surface area contributed by atoms with E-state index in [0.717, 1.165) is 19.6 Å². The zero-order chi connectivity index (χ0) is 12.0. The maximum absolute atomic E-state index is 3.35. The summed E-state index contributed by atoms with van der Waals surface area (Å²) < 4.78 is 0. The number of rotatable bonds is 6. The van der Waals surface area contributed by atoms with E-state index in [2.05, 4.69) is 56.2 Å². The number of hydrogen-bond donors (Lipinski definition) is 1. The summed E-state index contributed by atoms with van der Waals surface area (Å²) in [5, 5.41) is 3.35. The van der Waals surface area contributed by atoms with Crippen LogP contribution in [0.1, 0.15) is 24.5 Å². The van der Waals surface area contributed by atoms with Crippen LogP contribution in [0.3, 0.4) is 0 Å². The topological polar surface area (TPSA) is 15.3 Å². The molecule has 0 aliphatic rings. The van der Waals surface area contributed by atoms with Crippen molar-refractivity contribution in [2.45, 2.75) is 27.2 Å². The lowest BCUT2D eigenvalue weighted by Crippen LogP contribution is -2.24. The molecule has 0 heterocycles. The normalized spacial score (nSPS) is 10.5. The fourth-order valence-corrected chi connectivity index (χ4v) is 1.97. The van der Waals surface area contributed by atoms with Gasteiger partial charge in [0.25, 0.3) is 0 Å². The third-order valence-electron chi connectivity index (χ3n) is 2.86. The Balaban J connectivity index is 2.49. The van der Waals surface area contributed by atoms with Crippen molar-refractivity contribution < 1.29 is 0 Å². The molecule has 0 amide bonds. The minimum atomic E-state index is 1.06. The highest BCUT2D eigenvalue weighted by atomic mass is 15.1. The quantitative estimate of drug-likeness (QED) is 0.742. The zero-order valence-electron chi connectivity index (χ0n) is 11.0. The van der Waals surface area contributed by atoms with Gasteiger partial charge in [0.2, 0.25) is 0 Å². The Bertz CT molecular complexity index is 321. The predicted octanol–water partition coefficient (Wildman–Crippen LogP) is 2.74. The molecule has 2 heteroatoms. The van der Waals surface area contributed by atoms with Crippen LogP contribution in [0, 0.1) is 13.8 Å². The minimum Gasteiger partial charge on any atom is -0.374 e. The van der Waals surface area contributed by atoms with Crippen LogP contribution in [0.25, 0.3) is 0 Å². The van der Waals surface area contributed by atoms with Crippen LogP contribution in [0.2, 0.25) is 0 Å². The number of nitrogens with zero attached hydrogens (tertiary/aromatic N) is 1. The molecule has 16 heavy (non-hydrogen) atoms. The fraction of sp³-hybridized carbons (Fsp3) is 0.571. The van der Waals surface area contributed by atoms with E-state index in [9.17, 15) is 0 Å². The van der Waals surface area contributed by atoms with Gasteiger partial charge in [-0.15, -0.1) is 0 Å². The number of aryl methyl sites for hydroxylation is 2. The van der Waals surface area contributed by atoms with Gasteiger partial charge in [0.05, 0.1) is 0 Å². The highest BCUT2D eigenvalue weighted by Crippen LogP contribution is 2.19. The molecule has 0 aromatic heterocycles. The van der Waals surface area contributed by atoms with Gasteiger partial charge in [-0.05, 0) is 45.0 Å². The molecule has 1 rings (SSSR count). The fourth-order valence-electron chi connectivity index (χ4n) is 1.97. The van der Waals surface area contributed by atoms with Gasteiger partial charge in [0.15, 0.2) is 0 Å². The van der Waals surface area contributed by atoms with Crippen LogP contribution >= 0.6 is 0 Å². The second-order valence-electron chi connectivity index (χ2n) is 4.42. The molecule has 1 aromatic rings. The number of nitrogens with one attached hydrogen (secondary N) is 1. The van der Waals surface area contributed by atoms with Gasteiger partial charge in [0, 0.05) is 19.3 Å². The summed E-state index contributed by atoms with van der Waals surface area (Å²) in [6, 6.07) is 6.65. The molecule has 1 N–H and O–H groups in total. The third kappa shape index (κ3) is 3.86. The lowest BCUT2D eigenvalue weighted by atomic mass is 10.1. The molecule has 90 valence electrons. The third-order valence-corrected chi connectivity index (χ3v) is 2.86. The van der Waals surface area contributed by atoms with Crippen molar-refractivity contribution in [2.24, 2.45) is 0 Å². The molecule has 0 aliphatic heterocycles. The van der Waals surface area contributed by atoms with Gasteiger partial charge in [0.1, 0.15) is 0 Å². The van der Waals surface area contributed by atoms with Crippen LogP contribution in [0.15, 0.2) is 18.2 Å². The lowest BCUT2D eigenvalue weighted by molar-refractivity contribution is 0.667. The molecule has 0 aliphatic carbocycles. The molecule has 0 radical (unpaired) electrons. The molecular formula is C14H24N2. The molecule has 0 saturated heterocycles. The highest BCUT2D eigenvalue weighted by Gasteiger charge is 2.03. The van der Waals surface area contributed by atoms with E-state index in [1.165, 1.54) is 23.2 Å². The molecule has 0 spiro atoms. The lowest BCUT2D eigenvalue weighted by Gasteiger charge is -2.21. The van der Waals surface area contributed by atoms with E-state index in [-0.39, 0.29) is 0 Å². The summed E-state index contributed by atoms with van der Waals surface area (Å²) in [4.78, 5) is 2.34. The van der Waals surface area contributed by atoms with E-state index in [1.54, 1.807) is 0 Å². The Kier molecular flexibility index (Phi) is 5.33. The van der Waals surface area contributed by atoms with Gasteiger partial charge in [-0.1, -0.05) is 24.6 Å². The maximum Gasteiger partial charge on any atom is 0.0393 e. The summed E-state index contributed by atoms with van der Waals surface area (Å²) in [7, 11) is 2.17. The molecule has 1 aromatic carbocycles. The van der Waals surface area contributed by atoms with E-state index < -0.39 is 0 Å². The van der Waals surface area contributed by atoms with E-state index in [4.69, 9.17) is 0 Å². The zero-order valence-corrected chi connectivity index (χ0v) is 11.0. The van der Waals surface area contributed by atoms with Crippen molar-refractivity contribution >= 4 is 5.69 Å². The first-order valence-corrected chi connectivity index (χ1v) is 6.14. The van der Waals surface area contributed by atoms with Crippen molar-refractivity contribution in [3.63, 3.8) is 0 Å². The molecular weight excluding hydrogens is 196 g/mol. The minimum absolute atomic E-state index is 1.06. The molecule has 0 fully saturated rings. The van der Waals surface area contributed by atoms with Crippen LogP contribution in [0.5, 0.6) is 0 Å². The Labute approximate surface area is 99.7 Å². The standard InChI is InChI=1S/C14H24N2/c1-5-15-9-6-10-16(4)14-8-7-12(2)11-13(14)3/h7-8,11,15H,5-6,9-10H2,1-4H3. The van der Waals surface area contributed by atoms with Gasteiger partial charge in [-0.2, -0.15) is 0 Å². The summed E-state index contributed by atoms with van der Waals surface area (Å²) in [6.45, 7) is 9.74. The average Bonchev–Trinajstić information content (AvgIpc) is 2.24. The van der Waals surface area contributed by atoms with Crippen molar-refractivity contribution in [1.29, 1.82) is 0 Å². The second kappa shape index (κ2) is 6.54. The highest BCUT2D eigenvalue weighted by molar-refractivity contribution is 5.53. The van der Waals surface area contributed by atoms with Gasteiger partial charge < -0.3 is 10.2 Å². The largest absolute Gasteiger partial charge is 0.374 e. The van der Waals surface area contributed by atoms with E-state index >= 15 is 0 Å². The molecule has 0 unspecified atom stereocenters. The average molecular weight is 220 g/mol. The SMILES string of the molecule is CCNCCCN(C)c1ccc(C)cc1C. The van der Waals surface area contributed by atoms with Crippen molar-refractivity contribution in [3.05, 3.63) is 29.3 Å². The Morgan fingerprint density at radius 2 is 2.00 bits per heavy atom. The summed E-state index contributed by atoms with van der Waals surface area (Å²) in [6.07, 6.45) is 1.19. The predicted molar refractivity (Wildman–Crippen MR) is 72.3 cm³/mol. The number of hydrogen-bond acceptors (Lipinski definition) is 2. The summed E-state index contributed by atoms with van der Waals surface area (Å²) in [5.41, 5.74) is 4.05. The second-order valence-corrected chi connectivity index (χ2v) is 4.42. The van der Waals surface area contributed by atoms with Crippen LogP contribution < -0.4 is 10.2 Å². The van der Waals surface area contributed by atoms with E-state index in [0.29, 0.717) is 0 Å². The first-order valence-electron chi connectivity index (χ1n) is 6.14. The van der Waals surface area contributed by atoms with Crippen molar-refractivity contribution in [3.8, 4) is 0 Å². The summed E-state index contributed by atoms with van der Waals surface area (Å²) in [5.74, 6) is 0. The molecule has 2 nitrogen and oxygen atoms in total. The monoisotopic (exact) mass is 220 g/mol. The molecule has 0 atom stereocenters. The van der Waals surface area contributed by atoms with Crippen molar-refractivity contribution in [2.75, 3.05) is 31.6 Å². The Morgan fingerprint density at radius 3 is 2.62 bits per heavy atom. The first kappa shape index (κ1) is 13.0. The van der Waals surface area contributed by atoms with Gasteiger partial charge in [-0.3, -0.25) is 0 Å². The smallest absolute Gasteiger partial charge is 0.0393 e. The summed E-state index contributed by atoms with van der Waals surface area (Å²) >= 11 is 0.